The number of nitrogen functional groups attached to an aromatic ring is 1. The quantitative estimate of drug-likeness (QED) is 0.912. The summed E-state index contributed by atoms with van der Waals surface area (Å²) in [4.78, 5) is 3.98. The average Bonchev–Trinajstić information content (AvgIpc) is 2.34. The fraction of sp³-hybridized carbons (Fsp3) is 0.0833. The summed E-state index contributed by atoms with van der Waals surface area (Å²) in [7, 11) is 1.63. The van der Waals surface area contributed by atoms with Crippen LogP contribution < -0.4 is 15.8 Å². The van der Waals surface area contributed by atoms with E-state index in [0.717, 1.165) is 21.6 Å². The van der Waals surface area contributed by atoms with Crippen LogP contribution in [-0.2, 0) is 0 Å². The van der Waals surface area contributed by atoms with E-state index >= 15 is 0 Å². The number of aromatic nitrogens is 1. The molecule has 0 atom stereocenters. The maximum Gasteiger partial charge on any atom is 0.120 e. The Hall–Kier alpha value is -1.75. The molecule has 0 radical (unpaired) electrons. The van der Waals surface area contributed by atoms with Gasteiger partial charge in [-0.05, 0) is 28.1 Å². The zero-order chi connectivity index (χ0) is 12.3. The third-order valence-corrected chi connectivity index (χ3v) is 2.87. The molecule has 5 heteroatoms. The van der Waals surface area contributed by atoms with Crippen molar-refractivity contribution in [3.63, 3.8) is 0 Å². The summed E-state index contributed by atoms with van der Waals surface area (Å²) >= 11 is 3.40. The van der Waals surface area contributed by atoms with Crippen molar-refractivity contribution in [1.82, 2.24) is 4.98 Å². The van der Waals surface area contributed by atoms with Gasteiger partial charge in [0.25, 0.3) is 0 Å². The van der Waals surface area contributed by atoms with Crippen LogP contribution >= 0.6 is 15.9 Å². The van der Waals surface area contributed by atoms with Crippen molar-refractivity contribution in [2.24, 2.45) is 0 Å². The van der Waals surface area contributed by atoms with Crippen LogP contribution in [0.4, 0.5) is 17.1 Å². The van der Waals surface area contributed by atoms with Crippen molar-refractivity contribution in [3.8, 4) is 5.75 Å². The molecule has 0 aliphatic heterocycles. The van der Waals surface area contributed by atoms with Crippen molar-refractivity contribution in [1.29, 1.82) is 0 Å². The van der Waals surface area contributed by atoms with Gasteiger partial charge in [0.05, 0.1) is 29.2 Å². The van der Waals surface area contributed by atoms with Crippen LogP contribution in [0.1, 0.15) is 0 Å². The van der Waals surface area contributed by atoms with E-state index in [-0.39, 0.29) is 0 Å². The van der Waals surface area contributed by atoms with Crippen molar-refractivity contribution >= 4 is 33.0 Å². The molecule has 17 heavy (non-hydrogen) atoms. The smallest absolute Gasteiger partial charge is 0.120 e. The second-order valence-electron chi connectivity index (χ2n) is 3.44. The molecule has 0 aliphatic rings. The standard InChI is InChI=1S/C12H12BrN3O/c1-17-9-4-2-3-8(5-9)16-12-10(13)6-15-7-11(12)14/h2-7H,14H2,1H3,(H,15,16). The molecular formula is C12H12BrN3O. The Bertz CT molecular complexity index is 511. The summed E-state index contributed by atoms with van der Waals surface area (Å²) in [6.07, 6.45) is 3.30. The maximum absolute atomic E-state index is 5.85. The zero-order valence-corrected chi connectivity index (χ0v) is 10.9. The summed E-state index contributed by atoms with van der Waals surface area (Å²) in [5.41, 5.74) is 8.14. The molecule has 0 spiro atoms. The Morgan fingerprint density at radius 3 is 2.88 bits per heavy atom. The first-order valence-corrected chi connectivity index (χ1v) is 5.80. The molecular weight excluding hydrogens is 282 g/mol. The number of nitrogens with two attached hydrogens (primary N) is 1. The minimum absolute atomic E-state index is 0.585. The predicted molar refractivity (Wildman–Crippen MR) is 72.6 cm³/mol. The maximum atomic E-state index is 5.85. The second-order valence-corrected chi connectivity index (χ2v) is 4.30. The number of rotatable bonds is 3. The topological polar surface area (TPSA) is 60.2 Å². The van der Waals surface area contributed by atoms with Crippen LogP contribution in [0, 0.1) is 0 Å². The van der Waals surface area contributed by atoms with E-state index in [2.05, 4.69) is 26.2 Å². The van der Waals surface area contributed by atoms with Crippen molar-refractivity contribution < 1.29 is 4.74 Å². The van der Waals surface area contributed by atoms with Gasteiger partial charge in [0, 0.05) is 18.0 Å². The van der Waals surface area contributed by atoms with Crippen molar-refractivity contribution in [2.75, 3.05) is 18.2 Å². The Kier molecular flexibility index (Phi) is 3.49. The van der Waals surface area contributed by atoms with Gasteiger partial charge in [0.2, 0.25) is 0 Å². The average molecular weight is 294 g/mol. The van der Waals surface area contributed by atoms with Crippen LogP contribution in [0.3, 0.4) is 0 Å². The molecule has 0 saturated carbocycles. The molecule has 3 N–H and O–H groups in total. The highest BCUT2D eigenvalue weighted by atomic mass is 79.9. The number of pyridine rings is 1. The molecule has 0 fully saturated rings. The number of hydrogen-bond acceptors (Lipinski definition) is 4. The van der Waals surface area contributed by atoms with Crippen molar-refractivity contribution in [2.45, 2.75) is 0 Å². The third kappa shape index (κ3) is 2.68. The summed E-state index contributed by atoms with van der Waals surface area (Å²) < 4.78 is 5.98. The Morgan fingerprint density at radius 2 is 2.18 bits per heavy atom. The molecule has 2 rings (SSSR count). The number of ether oxygens (including phenoxy) is 1. The summed E-state index contributed by atoms with van der Waals surface area (Å²) in [5.74, 6) is 0.791. The number of nitrogens with one attached hydrogen (secondary N) is 1. The number of anilines is 3. The molecule has 0 saturated heterocycles. The molecule has 2 aromatic rings. The minimum Gasteiger partial charge on any atom is -0.497 e. The molecule has 0 aliphatic carbocycles. The number of hydrogen-bond donors (Lipinski definition) is 2. The van der Waals surface area contributed by atoms with Gasteiger partial charge >= 0.3 is 0 Å². The lowest BCUT2D eigenvalue weighted by atomic mass is 10.2. The molecule has 88 valence electrons. The number of benzene rings is 1. The van der Waals surface area contributed by atoms with Gasteiger partial charge in [-0.25, -0.2) is 0 Å². The van der Waals surface area contributed by atoms with E-state index in [1.165, 1.54) is 0 Å². The van der Waals surface area contributed by atoms with Gasteiger partial charge in [-0.3, -0.25) is 4.98 Å². The van der Waals surface area contributed by atoms with Crippen LogP contribution in [0.25, 0.3) is 0 Å². The minimum atomic E-state index is 0.585. The fourth-order valence-electron chi connectivity index (χ4n) is 1.43. The summed E-state index contributed by atoms with van der Waals surface area (Å²) in [6.45, 7) is 0. The van der Waals surface area contributed by atoms with Crippen LogP contribution in [-0.4, -0.2) is 12.1 Å². The van der Waals surface area contributed by atoms with Gasteiger partial charge < -0.3 is 15.8 Å². The van der Waals surface area contributed by atoms with Crippen molar-refractivity contribution in [3.05, 3.63) is 41.1 Å². The highest BCUT2D eigenvalue weighted by Crippen LogP contribution is 2.31. The number of methoxy groups -OCH3 is 1. The first-order valence-electron chi connectivity index (χ1n) is 5.01. The monoisotopic (exact) mass is 293 g/mol. The lowest BCUT2D eigenvalue weighted by Gasteiger charge is -2.11. The van der Waals surface area contributed by atoms with E-state index in [9.17, 15) is 0 Å². The van der Waals surface area contributed by atoms with E-state index in [1.807, 2.05) is 24.3 Å². The van der Waals surface area contributed by atoms with Gasteiger partial charge in [0.1, 0.15) is 5.75 Å². The lowest BCUT2D eigenvalue weighted by Crippen LogP contribution is -1.98. The first-order chi connectivity index (χ1) is 8.20. The Balaban J connectivity index is 2.31. The predicted octanol–water partition coefficient (Wildman–Crippen LogP) is 3.18. The van der Waals surface area contributed by atoms with Gasteiger partial charge in [-0.2, -0.15) is 0 Å². The van der Waals surface area contributed by atoms with E-state index in [0.29, 0.717) is 5.69 Å². The van der Waals surface area contributed by atoms with E-state index < -0.39 is 0 Å². The third-order valence-electron chi connectivity index (χ3n) is 2.27. The lowest BCUT2D eigenvalue weighted by molar-refractivity contribution is 0.415. The largest absolute Gasteiger partial charge is 0.497 e. The van der Waals surface area contributed by atoms with Gasteiger partial charge in [-0.1, -0.05) is 6.07 Å². The fourth-order valence-corrected chi connectivity index (χ4v) is 1.87. The Labute approximate surface area is 108 Å². The number of halogens is 1. The van der Waals surface area contributed by atoms with Crippen LogP contribution in [0.15, 0.2) is 41.1 Å². The Morgan fingerprint density at radius 1 is 1.35 bits per heavy atom. The molecule has 0 amide bonds. The van der Waals surface area contributed by atoms with E-state index in [1.54, 1.807) is 19.5 Å². The normalized spacial score (nSPS) is 10.0. The molecule has 4 nitrogen and oxygen atoms in total. The first kappa shape index (κ1) is 11.7. The van der Waals surface area contributed by atoms with Gasteiger partial charge in [-0.15, -0.1) is 0 Å². The van der Waals surface area contributed by atoms with Crippen LogP contribution in [0.2, 0.25) is 0 Å². The molecule has 0 unspecified atom stereocenters. The molecule has 0 bridgehead atoms. The SMILES string of the molecule is COc1cccc(Nc2c(N)cncc2Br)c1. The summed E-state index contributed by atoms with van der Waals surface area (Å²) in [5, 5.41) is 3.22. The molecule has 1 aromatic heterocycles. The van der Waals surface area contributed by atoms with Gasteiger partial charge in [0.15, 0.2) is 0 Å². The second kappa shape index (κ2) is 5.05. The highest BCUT2D eigenvalue weighted by molar-refractivity contribution is 9.10. The molecule has 1 heterocycles. The van der Waals surface area contributed by atoms with Crippen LogP contribution in [0.5, 0.6) is 5.75 Å². The van der Waals surface area contributed by atoms with E-state index in [4.69, 9.17) is 10.5 Å². The summed E-state index contributed by atoms with van der Waals surface area (Å²) in [6, 6.07) is 7.63. The zero-order valence-electron chi connectivity index (χ0n) is 9.27. The highest BCUT2D eigenvalue weighted by Gasteiger charge is 2.05. The molecule has 1 aromatic carbocycles. The number of nitrogens with zero attached hydrogens (tertiary/aromatic N) is 1.